The largest absolute Gasteiger partial charge is 0.494 e. The van der Waals surface area contributed by atoms with Gasteiger partial charge in [0.25, 0.3) is 0 Å². The Hall–Kier alpha value is -1.58. The molecule has 1 aromatic rings. The third-order valence-electron chi connectivity index (χ3n) is 3.12. The lowest BCUT2D eigenvalue weighted by atomic mass is 10.1. The van der Waals surface area contributed by atoms with Crippen LogP contribution in [-0.2, 0) is 4.79 Å². The van der Waals surface area contributed by atoms with Gasteiger partial charge >= 0.3 is 0 Å². The predicted octanol–water partition coefficient (Wildman–Crippen LogP) is 3.54. The maximum absolute atomic E-state index is 12.7. The minimum absolute atomic E-state index is 0.0930. The summed E-state index contributed by atoms with van der Waals surface area (Å²) >= 11 is 0. The molecular formula is C16H24FNO2. The second-order valence-corrected chi connectivity index (χ2v) is 4.99. The van der Waals surface area contributed by atoms with Gasteiger partial charge in [-0.15, -0.1) is 0 Å². The smallest absolute Gasteiger partial charge is 0.222 e. The third kappa shape index (κ3) is 6.55. The Bertz CT molecular complexity index is 392. The minimum Gasteiger partial charge on any atom is -0.494 e. The van der Waals surface area contributed by atoms with E-state index >= 15 is 0 Å². The molecule has 0 fully saturated rings. The first-order valence-corrected chi connectivity index (χ1v) is 7.29. The molecule has 0 saturated carbocycles. The SMILES string of the molecule is CCCC(C)C(=O)NCCCCOc1ccc(F)cc1. The Labute approximate surface area is 120 Å². The fourth-order valence-electron chi connectivity index (χ4n) is 1.90. The molecule has 0 aliphatic heterocycles. The summed E-state index contributed by atoms with van der Waals surface area (Å²) in [6.07, 6.45) is 3.70. The van der Waals surface area contributed by atoms with Crippen molar-refractivity contribution in [1.82, 2.24) is 5.32 Å². The van der Waals surface area contributed by atoms with Crippen LogP contribution in [-0.4, -0.2) is 19.1 Å². The summed E-state index contributed by atoms with van der Waals surface area (Å²) in [6.45, 7) is 5.29. The number of halogens is 1. The Morgan fingerprint density at radius 1 is 1.30 bits per heavy atom. The highest BCUT2D eigenvalue weighted by atomic mass is 19.1. The molecule has 1 aromatic carbocycles. The molecule has 4 heteroatoms. The van der Waals surface area contributed by atoms with Crippen molar-refractivity contribution in [2.75, 3.05) is 13.2 Å². The van der Waals surface area contributed by atoms with Crippen molar-refractivity contribution < 1.29 is 13.9 Å². The molecule has 112 valence electrons. The van der Waals surface area contributed by atoms with Gasteiger partial charge in [0.15, 0.2) is 0 Å². The van der Waals surface area contributed by atoms with E-state index in [-0.39, 0.29) is 17.6 Å². The number of amides is 1. The second kappa shape index (κ2) is 9.34. The number of nitrogens with one attached hydrogen (secondary N) is 1. The van der Waals surface area contributed by atoms with Crippen LogP contribution in [0.2, 0.25) is 0 Å². The normalized spacial score (nSPS) is 11.9. The van der Waals surface area contributed by atoms with Crippen LogP contribution >= 0.6 is 0 Å². The van der Waals surface area contributed by atoms with E-state index < -0.39 is 0 Å². The number of unbranched alkanes of at least 4 members (excludes halogenated alkanes) is 1. The van der Waals surface area contributed by atoms with Crippen LogP contribution in [0, 0.1) is 11.7 Å². The summed E-state index contributed by atoms with van der Waals surface area (Å²) in [5.41, 5.74) is 0. The fourth-order valence-corrected chi connectivity index (χ4v) is 1.90. The molecular weight excluding hydrogens is 257 g/mol. The second-order valence-electron chi connectivity index (χ2n) is 4.99. The Balaban J connectivity index is 2.05. The fraction of sp³-hybridized carbons (Fsp3) is 0.562. The number of carbonyl (C=O) groups is 1. The third-order valence-corrected chi connectivity index (χ3v) is 3.12. The van der Waals surface area contributed by atoms with Gasteiger partial charge in [-0.05, 0) is 43.5 Å². The van der Waals surface area contributed by atoms with Crippen LogP contribution in [0.3, 0.4) is 0 Å². The number of carbonyl (C=O) groups excluding carboxylic acids is 1. The Kier molecular flexibility index (Phi) is 7.70. The van der Waals surface area contributed by atoms with Crippen LogP contribution in [0.4, 0.5) is 4.39 Å². The van der Waals surface area contributed by atoms with E-state index in [1.54, 1.807) is 12.1 Å². The average Bonchev–Trinajstić information content (AvgIpc) is 2.44. The van der Waals surface area contributed by atoms with Crippen LogP contribution in [0.25, 0.3) is 0 Å². The van der Waals surface area contributed by atoms with Gasteiger partial charge in [0.2, 0.25) is 5.91 Å². The van der Waals surface area contributed by atoms with Gasteiger partial charge in [0.05, 0.1) is 6.61 Å². The molecule has 20 heavy (non-hydrogen) atoms. The van der Waals surface area contributed by atoms with E-state index in [1.165, 1.54) is 12.1 Å². The van der Waals surface area contributed by atoms with E-state index in [2.05, 4.69) is 12.2 Å². The van der Waals surface area contributed by atoms with Crippen molar-refractivity contribution in [3.05, 3.63) is 30.1 Å². The summed E-state index contributed by atoms with van der Waals surface area (Å²) < 4.78 is 18.2. The summed E-state index contributed by atoms with van der Waals surface area (Å²) in [4.78, 5) is 11.6. The zero-order chi connectivity index (χ0) is 14.8. The van der Waals surface area contributed by atoms with Crippen molar-refractivity contribution in [2.45, 2.75) is 39.5 Å². The van der Waals surface area contributed by atoms with Crippen molar-refractivity contribution in [2.24, 2.45) is 5.92 Å². The van der Waals surface area contributed by atoms with Crippen LogP contribution in [0.15, 0.2) is 24.3 Å². The van der Waals surface area contributed by atoms with Gasteiger partial charge in [0.1, 0.15) is 11.6 Å². The lowest BCUT2D eigenvalue weighted by Gasteiger charge is -2.11. The number of hydrogen-bond acceptors (Lipinski definition) is 2. The standard InChI is InChI=1S/C16H24FNO2/c1-3-6-13(2)16(19)18-11-4-5-12-20-15-9-7-14(17)8-10-15/h7-10,13H,3-6,11-12H2,1-2H3,(H,18,19). The summed E-state index contributed by atoms with van der Waals surface area (Å²) in [7, 11) is 0. The average molecular weight is 281 g/mol. The first-order valence-electron chi connectivity index (χ1n) is 7.29. The molecule has 0 bridgehead atoms. The van der Waals surface area contributed by atoms with Gasteiger partial charge in [-0.25, -0.2) is 4.39 Å². The van der Waals surface area contributed by atoms with Crippen LogP contribution in [0.1, 0.15) is 39.5 Å². The molecule has 0 heterocycles. The van der Waals surface area contributed by atoms with E-state index in [9.17, 15) is 9.18 Å². The van der Waals surface area contributed by atoms with E-state index in [0.29, 0.717) is 18.9 Å². The van der Waals surface area contributed by atoms with Crippen LogP contribution in [0.5, 0.6) is 5.75 Å². The monoisotopic (exact) mass is 281 g/mol. The lowest BCUT2D eigenvalue weighted by Crippen LogP contribution is -2.30. The van der Waals surface area contributed by atoms with E-state index in [1.807, 2.05) is 6.92 Å². The zero-order valence-corrected chi connectivity index (χ0v) is 12.3. The number of rotatable bonds is 9. The van der Waals surface area contributed by atoms with Crippen molar-refractivity contribution in [3.63, 3.8) is 0 Å². The van der Waals surface area contributed by atoms with Crippen LogP contribution < -0.4 is 10.1 Å². The lowest BCUT2D eigenvalue weighted by molar-refractivity contribution is -0.124. The molecule has 1 N–H and O–H groups in total. The highest BCUT2D eigenvalue weighted by Crippen LogP contribution is 2.11. The highest BCUT2D eigenvalue weighted by Gasteiger charge is 2.10. The van der Waals surface area contributed by atoms with E-state index in [0.717, 1.165) is 25.7 Å². The number of benzene rings is 1. The molecule has 0 aliphatic rings. The molecule has 1 rings (SSSR count). The molecule has 0 spiro atoms. The van der Waals surface area contributed by atoms with Gasteiger partial charge < -0.3 is 10.1 Å². The van der Waals surface area contributed by atoms with Gasteiger partial charge in [-0.1, -0.05) is 20.3 Å². The molecule has 0 aromatic heterocycles. The summed E-state index contributed by atoms with van der Waals surface area (Å²) in [6, 6.07) is 5.99. The molecule has 1 amide bonds. The summed E-state index contributed by atoms with van der Waals surface area (Å²) in [5.74, 6) is 0.634. The first kappa shape index (κ1) is 16.5. The summed E-state index contributed by atoms with van der Waals surface area (Å²) in [5, 5.41) is 2.93. The molecule has 0 saturated heterocycles. The molecule has 1 unspecified atom stereocenters. The molecule has 0 radical (unpaired) electrons. The molecule has 1 atom stereocenters. The maximum Gasteiger partial charge on any atom is 0.222 e. The minimum atomic E-state index is -0.263. The topological polar surface area (TPSA) is 38.3 Å². The highest BCUT2D eigenvalue weighted by molar-refractivity contribution is 5.78. The molecule has 0 aliphatic carbocycles. The Morgan fingerprint density at radius 2 is 2.00 bits per heavy atom. The maximum atomic E-state index is 12.7. The molecule has 3 nitrogen and oxygen atoms in total. The zero-order valence-electron chi connectivity index (χ0n) is 12.3. The number of hydrogen-bond donors (Lipinski definition) is 1. The first-order chi connectivity index (χ1) is 9.63. The van der Waals surface area contributed by atoms with E-state index in [4.69, 9.17) is 4.74 Å². The van der Waals surface area contributed by atoms with Gasteiger partial charge in [0, 0.05) is 12.5 Å². The van der Waals surface area contributed by atoms with Gasteiger partial charge in [-0.2, -0.15) is 0 Å². The van der Waals surface area contributed by atoms with Crippen molar-refractivity contribution >= 4 is 5.91 Å². The van der Waals surface area contributed by atoms with Gasteiger partial charge in [-0.3, -0.25) is 4.79 Å². The Morgan fingerprint density at radius 3 is 2.65 bits per heavy atom. The van der Waals surface area contributed by atoms with Crippen molar-refractivity contribution in [3.8, 4) is 5.75 Å². The number of ether oxygens (including phenoxy) is 1. The quantitative estimate of drug-likeness (QED) is 0.703. The predicted molar refractivity (Wildman–Crippen MR) is 78.2 cm³/mol. The van der Waals surface area contributed by atoms with Crippen molar-refractivity contribution in [1.29, 1.82) is 0 Å².